The Hall–Kier alpha value is -2.05. The molecule has 0 radical (unpaired) electrons. The highest BCUT2D eigenvalue weighted by atomic mass is 16.2. The zero-order valence-electron chi connectivity index (χ0n) is 9.57. The Morgan fingerprint density at radius 3 is 2.71 bits per heavy atom. The summed E-state index contributed by atoms with van der Waals surface area (Å²) in [6, 6.07) is 3.85. The van der Waals surface area contributed by atoms with Gasteiger partial charge in [-0.3, -0.25) is 4.79 Å². The second-order valence-corrected chi connectivity index (χ2v) is 3.57. The van der Waals surface area contributed by atoms with Gasteiger partial charge in [0.15, 0.2) is 0 Å². The molecule has 0 aliphatic carbocycles. The first-order chi connectivity index (χ1) is 8.29. The molecule has 0 atom stereocenters. The molecule has 1 rings (SSSR count). The lowest BCUT2D eigenvalue weighted by Gasteiger charge is -2.27. The largest absolute Gasteiger partial charge is 0.389 e. The number of nitrogens with one attached hydrogen (secondary N) is 2. The molecule has 1 fully saturated rings. The minimum Gasteiger partial charge on any atom is -0.389 e. The van der Waals surface area contributed by atoms with Crippen LogP contribution in [-0.2, 0) is 4.79 Å². The average molecular weight is 233 g/mol. The fraction of sp³-hybridized carbons (Fsp3) is 0.545. The van der Waals surface area contributed by atoms with Gasteiger partial charge in [0.25, 0.3) is 5.91 Å². The molecule has 0 spiro atoms. The van der Waals surface area contributed by atoms with E-state index in [-0.39, 0.29) is 11.5 Å². The van der Waals surface area contributed by atoms with Gasteiger partial charge in [-0.15, -0.1) is 0 Å². The Bertz CT molecular complexity index is 370. The van der Waals surface area contributed by atoms with Gasteiger partial charge in [0, 0.05) is 38.9 Å². The maximum atomic E-state index is 11.9. The quantitative estimate of drug-likeness (QED) is 0.381. The second-order valence-electron chi connectivity index (χ2n) is 3.57. The average Bonchev–Trinajstić information content (AvgIpc) is 2.39. The number of hydrogen-bond acceptors (Lipinski definition) is 5. The van der Waals surface area contributed by atoms with Crippen molar-refractivity contribution in [2.45, 2.75) is 6.42 Å². The Labute approximate surface area is 100 Å². The summed E-state index contributed by atoms with van der Waals surface area (Å²) in [4.78, 5) is 13.5. The van der Waals surface area contributed by atoms with Gasteiger partial charge in [-0.05, 0) is 0 Å². The van der Waals surface area contributed by atoms with E-state index in [0.29, 0.717) is 26.1 Å². The molecule has 17 heavy (non-hydrogen) atoms. The fourth-order valence-corrected chi connectivity index (χ4v) is 1.48. The molecular formula is C11H15N5O. The number of piperazine rings is 1. The summed E-state index contributed by atoms with van der Waals surface area (Å²) >= 11 is 0. The first kappa shape index (κ1) is 13.0. The van der Waals surface area contributed by atoms with E-state index >= 15 is 0 Å². The maximum Gasteiger partial charge on any atom is 0.266 e. The van der Waals surface area contributed by atoms with Gasteiger partial charge in [0.1, 0.15) is 11.6 Å². The monoisotopic (exact) mass is 233 g/mol. The number of nitriles is 2. The molecule has 1 aliphatic heterocycles. The molecule has 2 N–H and O–H groups in total. The maximum absolute atomic E-state index is 11.9. The Morgan fingerprint density at radius 1 is 1.41 bits per heavy atom. The molecular weight excluding hydrogens is 218 g/mol. The van der Waals surface area contributed by atoms with Crippen LogP contribution in [0, 0.1) is 22.7 Å². The summed E-state index contributed by atoms with van der Waals surface area (Å²) in [6.45, 7) is 3.20. The van der Waals surface area contributed by atoms with Gasteiger partial charge in [0.05, 0.1) is 12.5 Å². The van der Waals surface area contributed by atoms with E-state index in [1.54, 1.807) is 4.90 Å². The summed E-state index contributed by atoms with van der Waals surface area (Å²) in [5.41, 5.74) is 0.0878. The highest BCUT2D eigenvalue weighted by Crippen LogP contribution is 2.01. The predicted octanol–water partition coefficient (Wildman–Crippen LogP) is -0.671. The van der Waals surface area contributed by atoms with Crippen LogP contribution in [0.15, 0.2) is 11.8 Å². The first-order valence-electron chi connectivity index (χ1n) is 5.50. The second kappa shape index (κ2) is 7.26. The van der Waals surface area contributed by atoms with Crippen LogP contribution >= 0.6 is 0 Å². The number of nitrogens with zero attached hydrogens (tertiary/aromatic N) is 3. The van der Waals surface area contributed by atoms with Crippen LogP contribution in [0.1, 0.15) is 6.42 Å². The number of amides is 1. The molecule has 0 bridgehead atoms. The number of carbonyl (C=O) groups is 1. The summed E-state index contributed by atoms with van der Waals surface area (Å²) in [6.07, 6.45) is 1.73. The first-order valence-corrected chi connectivity index (χ1v) is 5.50. The summed E-state index contributed by atoms with van der Waals surface area (Å²) in [5, 5.41) is 23.2. The van der Waals surface area contributed by atoms with Crippen LogP contribution in [0.25, 0.3) is 0 Å². The van der Waals surface area contributed by atoms with Crippen LogP contribution in [0.3, 0.4) is 0 Å². The van der Waals surface area contributed by atoms with Crippen LogP contribution < -0.4 is 10.6 Å². The lowest BCUT2D eigenvalue weighted by Crippen LogP contribution is -2.46. The van der Waals surface area contributed by atoms with Crippen molar-refractivity contribution in [1.82, 2.24) is 15.5 Å². The van der Waals surface area contributed by atoms with Gasteiger partial charge in [-0.25, -0.2) is 0 Å². The van der Waals surface area contributed by atoms with Crippen LogP contribution in [0.2, 0.25) is 0 Å². The summed E-state index contributed by atoms with van der Waals surface area (Å²) < 4.78 is 0. The molecule has 0 unspecified atom stereocenters. The fourth-order valence-electron chi connectivity index (χ4n) is 1.48. The summed E-state index contributed by atoms with van der Waals surface area (Å²) in [7, 11) is 0. The zero-order chi connectivity index (χ0) is 12.5. The normalized spacial score (nSPS) is 15.9. The minimum absolute atomic E-state index is 0.0878. The summed E-state index contributed by atoms with van der Waals surface area (Å²) in [5.74, 6) is -0.251. The Morgan fingerprint density at radius 2 is 2.12 bits per heavy atom. The molecule has 1 amide bonds. The van der Waals surface area contributed by atoms with Gasteiger partial charge in [-0.1, -0.05) is 0 Å². The Kier molecular flexibility index (Phi) is 5.56. The molecule has 1 heterocycles. The van der Waals surface area contributed by atoms with Crippen molar-refractivity contribution in [3.63, 3.8) is 0 Å². The number of carbonyl (C=O) groups excluding carboxylic acids is 1. The lowest BCUT2D eigenvalue weighted by atomic mass is 10.2. The standard InChI is InChI=1S/C11H15N5O/c12-2-1-3-15-9-10(8-13)11(17)16-6-4-14-5-7-16/h9,14-15H,1,3-7H2/b10-9-. The van der Waals surface area contributed by atoms with Crippen LogP contribution in [-0.4, -0.2) is 43.5 Å². The van der Waals surface area contributed by atoms with E-state index in [0.717, 1.165) is 13.1 Å². The van der Waals surface area contributed by atoms with Crippen molar-refractivity contribution >= 4 is 5.91 Å². The van der Waals surface area contributed by atoms with Crippen molar-refractivity contribution < 1.29 is 4.79 Å². The van der Waals surface area contributed by atoms with E-state index < -0.39 is 0 Å². The number of rotatable bonds is 4. The van der Waals surface area contributed by atoms with Crippen molar-refractivity contribution in [2.24, 2.45) is 0 Å². The van der Waals surface area contributed by atoms with Crippen molar-refractivity contribution in [3.05, 3.63) is 11.8 Å². The molecule has 0 saturated carbocycles. The van der Waals surface area contributed by atoms with E-state index in [4.69, 9.17) is 10.5 Å². The van der Waals surface area contributed by atoms with Crippen molar-refractivity contribution in [1.29, 1.82) is 10.5 Å². The molecule has 0 aromatic rings. The zero-order valence-corrected chi connectivity index (χ0v) is 9.57. The van der Waals surface area contributed by atoms with E-state index in [1.165, 1.54) is 6.20 Å². The van der Waals surface area contributed by atoms with Gasteiger partial charge in [-0.2, -0.15) is 10.5 Å². The third-order valence-electron chi connectivity index (χ3n) is 2.38. The third kappa shape index (κ3) is 4.13. The lowest BCUT2D eigenvalue weighted by molar-refractivity contribution is -0.127. The molecule has 6 heteroatoms. The van der Waals surface area contributed by atoms with Crippen LogP contribution in [0.4, 0.5) is 0 Å². The van der Waals surface area contributed by atoms with E-state index in [2.05, 4.69) is 10.6 Å². The van der Waals surface area contributed by atoms with Gasteiger partial charge >= 0.3 is 0 Å². The molecule has 0 aromatic carbocycles. The molecule has 6 nitrogen and oxygen atoms in total. The molecule has 1 saturated heterocycles. The van der Waals surface area contributed by atoms with Crippen LogP contribution in [0.5, 0.6) is 0 Å². The van der Waals surface area contributed by atoms with Crippen molar-refractivity contribution in [3.8, 4) is 12.1 Å². The van der Waals surface area contributed by atoms with E-state index in [9.17, 15) is 4.79 Å². The topological polar surface area (TPSA) is 92.0 Å². The van der Waals surface area contributed by atoms with Crippen molar-refractivity contribution in [2.75, 3.05) is 32.7 Å². The van der Waals surface area contributed by atoms with E-state index in [1.807, 2.05) is 12.1 Å². The molecule has 1 aliphatic rings. The number of hydrogen-bond donors (Lipinski definition) is 2. The molecule has 0 aromatic heterocycles. The minimum atomic E-state index is -0.251. The highest BCUT2D eigenvalue weighted by molar-refractivity contribution is 5.97. The SMILES string of the molecule is N#CCCN/C=C(/C#N)C(=O)N1CCNCC1. The Balaban J connectivity index is 2.51. The molecule has 90 valence electrons. The smallest absolute Gasteiger partial charge is 0.266 e. The third-order valence-corrected chi connectivity index (χ3v) is 2.38. The van der Waals surface area contributed by atoms with Gasteiger partial charge < -0.3 is 15.5 Å². The van der Waals surface area contributed by atoms with Gasteiger partial charge in [0.2, 0.25) is 0 Å². The highest BCUT2D eigenvalue weighted by Gasteiger charge is 2.19. The predicted molar refractivity (Wildman–Crippen MR) is 61.4 cm³/mol.